The minimum Gasteiger partial charge on any atom is -0.360 e. The summed E-state index contributed by atoms with van der Waals surface area (Å²) in [4.78, 5) is 20.6. The number of anilines is 3. The summed E-state index contributed by atoms with van der Waals surface area (Å²) in [6, 6.07) is 8.90. The summed E-state index contributed by atoms with van der Waals surface area (Å²) in [5.41, 5.74) is 1.39. The molecule has 0 bridgehead atoms. The van der Waals surface area contributed by atoms with Crippen LogP contribution in [0, 0.1) is 19.7 Å². The largest absolute Gasteiger partial charge is 0.360 e. The predicted molar refractivity (Wildman–Crippen MR) is 85.6 cm³/mol. The van der Waals surface area contributed by atoms with Crippen molar-refractivity contribution in [1.82, 2.24) is 15.1 Å². The van der Waals surface area contributed by atoms with Crippen LogP contribution in [0.15, 0.2) is 40.9 Å². The number of rotatable bonds is 4. The Hall–Kier alpha value is -3.29. The van der Waals surface area contributed by atoms with Crippen LogP contribution < -0.4 is 10.6 Å². The van der Waals surface area contributed by atoms with Gasteiger partial charge in [0.1, 0.15) is 17.3 Å². The fourth-order valence-corrected chi connectivity index (χ4v) is 2.01. The van der Waals surface area contributed by atoms with Crippen LogP contribution in [-0.4, -0.2) is 21.0 Å². The van der Waals surface area contributed by atoms with Gasteiger partial charge in [0, 0.05) is 17.4 Å². The third-order valence-electron chi connectivity index (χ3n) is 3.06. The molecule has 2 N–H and O–H groups in total. The van der Waals surface area contributed by atoms with Crippen LogP contribution in [0.2, 0.25) is 0 Å². The number of aromatic nitrogens is 3. The number of halogens is 1. The van der Waals surface area contributed by atoms with Gasteiger partial charge >= 0.3 is 0 Å². The van der Waals surface area contributed by atoms with E-state index in [1.807, 2.05) is 0 Å². The fourth-order valence-electron chi connectivity index (χ4n) is 2.01. The lowest BCUT2D eigenvalue weighted by atomic mass is 10.3. The summed E-state index contributed by atoms with van der Waals surface area (Å²) < 4.78 is 17.8. The molecule has 0 aliphatic carbocycles. The van der Waals surface area contributed by atoms with E-state index >= 15 is 0 Å². The van der Waals surface area contributed by atoms with Gasteiger partial charge in [0.2, 0.25) is 5.95 Å². The molecule has 0 unspecified atom stereocenters. The van der Waals surface area contributed by atoms with Gasteiger partial charge < -0.3 is 15.2 Å². The topological polar surface area (TPSA) is 92.9 Å². The lowest BCUT2D eigenvalue weighted by Gasteiger charge is -2.08. The van der Waals surface area contributed by atoms with Gasteiger partial charge in [0.25, 0.3) is 5.91 Å². The number of nitrogens with zero attached hydrogens (tertiary/aromatic N) is 3. The Labute approximate surface area is 136 Å². The molecule has 0 radical (unpaired) electrons. The van der Waals surface area contributed by atoms with Crippen LogP contribution in [0.4, 0.5) is 21.8 Å². The number of carbonyl (C=O) groups excluding carboxylic acids is 1. The highest BCUT2D eigenvalue weighted by Gasteiger charge is 2.13. The summed E-state index contributed by atoms with van der Waals surface area (Å²) in [7, 11) is 0. The molecule has 1 aromatic carbocycles. The maximum absolute atomic E-state index is 12.9. The van der Waals surface area contributed by atoms with Crippen molar-refractivity contribution in [2.24, 2.45) is 0 Å². The summed E-state index contributed by atoms with van der Waals surface area (Å²) in [6.45, 7) is 3.47. The first-order chi connectivity index (χ1) is 11.5. The van der Waals surface area contributed by atoms with Crippen molar-refractivity contribution in [3.05, 3.63) is 59.4 Å². The van der Waals surface area contributed by atoms with Crippen LogP contribution in [0.1, 0.15) is 21.9 Å². The molecular weight excluding hydrogens is 313 g/mol. The molecule has 3 aromatic rings. The summed E-state index contributed by atoms with van der Waals surface area (Å²) in [5.74, 6) is 0.359. The molecule has 0 aliphatic rings. The van der Waals surface area contributed by atoms with Gasteiger partial charge in [-0.3, -0.25) is 4.79 Å². The maximum Gasteiger partial charge on any atom is 0.275 e. The van der Waals surface area contributed by atoms with Crippen LogP contribution in [0.3, 0.4) is 0 Å². The fraction of sp³-hybridized carbons (Fsp3) is 0.125. The molecule has 2 heterocycles. The molecule has 0 saturated heterocycles. The van der Waals surface area contributed by atoms with Gasteiger partial charge in [-0.25, -0.2) is 14.4 Å². The Morgan fingerprint density at radius 1 is 1.12 bits per heavy atom. The monoisotopic (exact) mass is 327 g/mol. The van der Waals surface area contributed by atoms with Crippen LogP contribution >= 0.6 is 0 Å². The molecule has 8 heteroatoms. The Morgan fingerprint density at radius 2 is 1.88 bits per heavy atom. The number of hydrogen-bond donors (Lipinski definition) is 2. The second kappa shape index (κ2) is 6.45. The molecule has 0 aliphatic heterocycles. The molecule has 0 spiro atoms. The highest BCUT2D eigenvalue weighted by atomic mass is 19.1. The minimum atomic E-state index is -0.434. The quantitative estimate of drug-likeness (QED) is 0.764. The van der Waals surface area contributed by atoms with Gasteiger partial charge in [0.05, 0.1) is 0 Å². The highest BCUT2D eigenvalue weighted by molar-refractivity contribution is 6.02. The normalized spacial score (nSPS) is 10.5. The summed E-state index contributed by atoms with van der Waals surface area (Å²) >= 11 is 0. The molecule has 0 atom stereocenters. The van der Waals surface area contributed by atoms with Crippen molar-refractivity contribution in [2.75, 3.05) is 10.6 Å². The van der Waals surface area contributed by atoms with Gasteiger partial charge in [0.15, 0.2) is 5.82 Å². The Kier molecular flexibility index (Phi) is 4.19. The predicted octanol–water partition coefficient (Wildman–Crippen LogP) is 3.22. The lowest BCUT2D eigenvalue weighted by molar-refractivity contribution is 0.102. The van der Waals surface area contributed by atoms with Gasteiger partial charge in [-0.1, -0.05) is 5.16 Å². The van der Waals surface area contributed by atoms with E-state index in [9.17, 15) is 9.18 Å². The molecule has 3 rings (SSSR count). The molecule has 7 nitrogen and oxygen atoms in total. The van der Waals surface area contributed by atoms with E-state index in [1.54, 1.807) is 38.1 Å². The summed E-state index contributed by atoms with van der Waals surface area (Å²) in [6.07, 6.45) is 0. The van der Waals surface area contributed by atoms with Gasteiger partial charge in [-0.2, -0.15) is 0 Å². The van der Waals surface area contributed by atoms with Crippen molar-refractivity contribution in [1.29, 1.82) is 0 Å². The third-order valence-corrected chi connectivity index (χ3v) is 3.06. The molecule has 2 aromatic heterocycles. The first-order valence-electron chi connectivity index (χ1n) is 7.12. The average molecular weight is 327 g/mol. The first kappa shape index (κ1) is 15.6. The standard InChI is InChI=1S/C16H14FN5O2/c1-9-7-13(15(23)21-14-8-10(2)24-22-14)20-16(18-9)19-12-5-3-11(17)4-6-12/h3-8H,1-2H3,(H,18,19,20)(H,21,22,23). The van der Waals surface area contributed by atoms with E-state index in [0.29, 0.717) is 23.0 Å². The molecule has 122 valence electrons. The van der Waals surface area contributed by atoms with Crippen molar-refractivity contribution in [3.8, 4) is 0 Å². The number of benzene rings is 1. The maximum atomic E-state index is 12.9. The number of amides is 1. The van der Waals surface area contributed by atoms with E-state index in [2.05, 4.69) is 25.8 Å². The summed E-state index contributed by atoms with van der Waals surface area (Å²) in [5, 5.41) is 9.23. The molecule has 1 amide bonds. The number of aryl methyl sites for hydroxylation is 2. The molecule has 0 saturated carbocycles. The lowest BCUT2D eigenvalue weighted by Crippen LogP contribution is -2.15. The number of carbonyl (C=O) groups is 1. The number of hydrogen-bond acceptors (Lipinski definition) is 6. The second-order valence-electron chi connectivity index (χ2n) is 5.13. The van der Waals surface area contributed by atoms with E-state index in [1.165, 1.54) is 12.1 Å². The van der Waals surface area contributed by atoms with Crippen molar-refractivity contribution in [3.63, 3.8) is 0 Å². The van der Waals surface area contributed by atoms with E-state index in [4.69, 9.17) is 4.52 Å². The SMILES string of the molecule is Cc1cc(C(=O)Nc2cc(C)on2)nc(Nc2ccc(F)cc2)n1. The van der Waals surface area contributed by atoms with E-state index < -0.39 is 5.91 Å². The molecular formula is C16H14FN5O2. The number of nitrogens with one attached hydrogen (secondary N) is 2. The minimum absolute atomic E-state index is 0.174. The van der Waals surface area contributed by atoms with E-state index in [-0.39, 0.29) is 17.5 Å². The second-order valence-corrected chi connectivity index (χ2v) is 5.13. The van der Waals surface area contributed by atoms with Gasteiger partial charge in [-0.05, 0) is 44.2 Å². The zero-order valence-corrected chi connectivity index (χ0v) is 13.0. The Morgan fingerprint density at radius 3 is 2.54 bits per heavy atom. The zero-order valence-electron chi connectivity index (χ0n) is 13.0. The van der Waals surface area contributed by atoms with Gasteiger partial charge in [-0.15, -0.1) is 0 Å². The van der Waals surface area contributed by atoms with Crippen LogP contribution in [-0.2, 0) is 0 Å². The van der Waals surface area contributed by atoms with Crippen LogP contribution in [0.25, 0.3) is 0 Å². The third kappa shape index (κ3) is 3.72. The smallest absolute Gasteiger partial charge is 0.275 e. The zero-order chi connectivity index (χ0) is 17.1. The Balaban J connectivity index is 1.80. The molecule has 0 fully saturated rings. The Bertz CT molecular complexity index is 876. The van der Waals surface area contributed by atoms with Crippen molar-refractivity contribution < 1.29 is 13.7 Å². The van der Waals surface area contributed by atoms with Crippen molar-refractivity contribution in [2.45, 2.75) is 13.8 Å². The van der Waals surface area contributed by atoms with Crippen LogP contribution in [0.5, 0.6) is 0 Å². The average Bonchev–Trinajstić information content (AvgIpc) is 2.94. The van der Waals surface area contributed by atoms with Crippen molar-refractivity contribution >= 4 is 23.4 Å². The highest BCUT2D eigenvalue weighted by Crippen LogP contribution is 2.15. The first-order valence-corrected chi connectivity index (χ1v) is 7.12. The van der Waals surface area contributed by atoms with E-state index in [0.717, 1.165) is 0 Å². The molecule has 24 heavy (non-hydrogen) atoms.